The third-order valence-corrected chi connectivity index (χ3v) is 6.27. The monoisotopic (exact) mass is 447 g/mol. The van der Waals surface area contributed by atoms with E-state index in [1.54, 1.807) is 0 Å². The molecule has 31 heavy (non-hydrogen) atoms. The highest BCUT2D eigenvalue weighted by Gasteiger charge is 2.29. The van der Waals surface area contributed by atoms with Gasteiger partial charge in [0.1, 0.15) is 5.00 Å². The minimum absolute atomic E-state index is 0.298. The van der Waals surface area contributed by atoms with Crippen LogP contribution in [0.15, 0.2) is 18.2 Å². The fourth-order valence-corrected chi connectivity index (χ4v) is 4.91. The lowest BCUT2D eigenvalue weighted by atomic mass is 9.88. The number of hydrogen-bond donors (Lipinski definition) is 1. The Morgan fingerprint density at radius 3 is 2.52 bits per heavy atom. The molecule has 9 heteroatoms. The Labute approximate surface area is 184 Å². The molecule has 1 N–H and O–H groups in total. The molecule has 1 aliphatic rings. The van der Waals surface area contributed by atoms with Crippen molar-refractivity contribution in [2.24, 2.45) is 5.92 Å². The van der Waals surface area contributed by atoms with Gasteiger partial charge in [0.15, 0.2) is 18.1 Å². The highest BCUT2D eigenvalue weighted by atomic mass is 32.1. The van der Waals surface area contributed by atoms with Crippen molar-refractivity contribution in [3.63, 3.8) is 0 Å². The summed E-state index contributed by atoms with van der Waals surface area (Å²) in [5, 5.41) is 3.26. The standard InChI is InChI=1S/C22H25NO7S/c1-12-5-7-14-17(9-12)31-20(19(14)22(26)29-4)23-18(24)11-30-15-8-6-13(21(25)28-3)10-16(15)27-2/h6,8,10,12H,5,7,9,11H2,1-4H3,(H,23,24). The molecule has 1 atom stereocenters. The van der Waals surface area contributed by atoms with Crippen molar-refractivity contribution in [1.82, 2.24) is 0 Å². The molecule has 1 aliphatic carbocycles. The zero-order valence-electron chi connectivity index (χ0n) is 17.9. The molecular formula is C22H25NO7S. The van der Waals surface area contributed by atoms with E-state index in [9.17, 15) is 14.4 Å². The molecule has 0 fully saturated rings. The third-order valence-electron chi connectivity index (χ3n) is 5.10. The van der Waals surface area contributed by atoms with Crippen LogP contribution in [0.5, 0.6) is 11.5 Å². The second kappa shape index (κ2) is 9.82. The summed E-state index contributed by atoms with van der Waals surface area (Å²) < 4.78 is 20.4. The van der Waals surface area contributed by atoms with Gasteiger partial charge in [0, 0.05) is 4.88 Å². The van der Waals surface area contributed by atoms with E-state index in [2.05, 4.69) is 17.0 Å². The molecular weight excluding hydrogens is 422 g/mol. The molecule has 0 radical (unpaired) electrons. The van der Waals surface area contributed by atoms with E-state index >= 15 is 0 Å². The van der Waals surface area contributed by atoms with E-state index in [1.165, 1.54) is 50.9 Å². The Balaban J connectivity index is 1.73. The van der Waals surface area contributed by atoms with Gasteiger partial charge in [0.05, 0.1) is 32.5 Å². The molecule has 0 saturated heterocycles. The van der Waals surface area contributed by atoms with Gasteiger partial charge < -0.3 is 24.3 Å². The Morgan fingerprint density at radius 1 is 1.10 bits per heavy atom. The van der Waals surface area contributed by atoms with Crippen molar-refractivity contribution in [2.45, 2.75) is 26.2 Å². The number of methoxy groups -OCH3 is 3. The van der Waals surface area contributed by atoms with Gasteiger partial charge in [-0.2, -0.15) is 0 Å². The predicted molar refractivity (Wildman–Crippen MR) is 115 cm³/mol. The van der Waals surface area contributed by atoms with Crippen molar-refractivity contribution >= 4 is 34.2 Å². The summed E-state index contributed by atoms with van der Waals surface area (Å²) in [6.45, 7) is 1.87. The van der Waals surface area contributed by atoms with Crippen molar-refractivity contribution in [2.75, 3.05) is 33.3 Å². The normalized spacial score (nSPS) is 14.9. The molecule has 0 saturated carbocycles. The lowest BCUT2D eigenvalue weighted by Gasteiger charge is -2.18. The molecule has 1 amide bonds. The Hall–Kier alpha value is -3.07. The molecule has 2 aromatic rings. The number of amides is 1. The van der Waals surface area contributed by atoms with Crippen LogP contribution in [0.25, 0.3) is 0 Å². The number of ether oxygens (including phenoxy) is 4. The molecule has 0 aliphatic heterocycles. The highest BCUT2D eigenvalue weighted by Crippen LogP contribution is 2.40. The average molecular weight is 448 g/mol. The molecule has 3 rings (SSSR count). The maximum absolute atomic E-state index is 12.6. The summed E-state index contributed by atoms with van der Waals surface area (Å²) in [5.74, 6) is -0.249. The molecule has 1 unspecified atom stereocenters. The number of rotatable bonds is 7. The number of thiophene rings is 1. The zero-order valence-corrected chi connectivity index (χ0v) is 18.7. The van der Waals surface area contributed by atoms with Crippen molar-refractivity contribution in [3.05, 3.63) is 39.8 Å². The third kappa shape index (κ3) is 4.99. The van der Waals surface area contributed by atoms with Crippen molar-refractivity contribution < 1.29 is 33.3 Å². The van der Waals surface area contributed by atoms with Gasteiger partial charge in [-0.1, -0.05) is 6.92 Å². The quantitative estimate of drug-likeness (QED) is 0.649. The largest absolute Gasteiger partial charge is 0.493 e. The number of fused-ring (bicyclic) bond motifs is 1. The number of esters is 2. The summed E-state index contributed by atoms with van der Waals surface area (Å²) in [5.41, 5.74) is 1.70. The van der Waals surface area contributed by atoms with Gasteiger partial charge in [-0.15, -0.1) is 11.3 Å². The molecule has 1 aromatic carbocycles. The van der Waals surface area contributed by atoms with Crippen LogP contribution in [-0.4, -0.2) is 45.8 Å². The van der Waals surface area contributed by atoms with E-state index < -0.39 is 17.8 Å². The highest BCUT2D eigenvalue weighted by molar-refractivity contribution is 7.17. The molecule has 1 aromatic heterocycles. The lowest BCUT2D eigenvalue weighted by molar-refractivity contribution is -0.118. The van der Waals surface area contributed by atoms with Crippen molar-refractivity contribution in [3.8, 4) is 11.5 Å². The van der Waals surface area contributed by atoms with E-state index in [4.69, 9.17) is 14.2 Å². The SMILES string of the molecule is COC(=O)c1ccc(OCC(=O)Nc2sc3c(c2C(=O)OC)CCC(C)C3)c(OC)c1. The van der Waals surface area contributed by atoms with Crippen LogP contribution in [0.3, 0.4) is 0 Å². The van der Waals surface area contributed by atoms with Crippen molar-refractivity contribution in [1.29, 1.82) is 0 Å². The van der Waals surface area contributed by atoms with Gasteiger partial charge in [0.2, 0.25) is 0 Å². The van der Waals surface area contributed by atoms with Crippen LogP contribution < -0.4 is 14.8 Å². The van der Waals surface area contributed by atoms with Crippen LogP contribution in [-0.2, 0) is 27.1 Å². The average Bonchev–Trinajstić information content (AvgIpc) is 3.12. The van der Waals surface area contributed by atoms with Gasteiger partial charge in [-0.25, -0.2) is 9.59 Å². The molecule has 8 nitrogen and oxygen atoms in total. The zero-order chi connectivity index (χ0) is 22.5. The molecule has 0 bridgehead atoms. The lowest BCUT2D eigenvalue weighted by Crippen LogP contribution is -2.21. The fraction of sp³-hybridized carbons (Fsp3) is 0.409. The van der Waals surface area contributed by atoms with E-state index in [-0.39, 0.29) is 6.61 Å². The Morgan fingerprint density at radius 2 is 1.84 bits per heavy atom. The molecule has 0 spiro atoms. The Kier molecular flexibility index (Phi) is 7.17. The van der Waals surface area contributed by atoms with Gasteiger partial charge >= 0.3 is 11.9 Å². The summed E-state index contributed by atoms with van der Waals surface area (Å²) in [6.07, 6.45) is 2.65. The summed E-state index contributed by atoms with van der Waals surface area (Å²) >= 11 is 1.41. The van der Waals surface area contributed by atoms with E-state index in [1.807, 2.05) is 0 Å². The summed E-state index contributed by atoms with van der Waals surface area (Å²) in [4.78, 5) is 37.7. The fourth-order valence-electron chi connectivity index (χ4n) is 3.49. The maximum atomic E-state index is 12.6. The number of hydrogen-bond acceptors (Lipinski definition) is 8. The molecule has 1 heterocycles. The second-order valence-corrected chi connectivity index (χ2v) is 8.35. The van der Waals surface area contributed by atoms with Gasteiger partial charge in [-0.3, -0.25) is 4.79 Å². The first kappa shape index (κ1) is 22.6. The second-order valence-electron chi connectivity index (χ2n) is 7.24. The first-order valence-corrected chi connectivity index (χ1v) is 10.6. The minimum atomic E-state index is -0.506. The van der Waals surface area contributed by atoms with Crippen LogP contribution in [0.2, 0.25) is 0 Å². The Bertz CT molecular complexity index is 998. The first-order valence-electron chi connectivity index (χ1n) is 9.79. The minimum Gasteiger partial charge on any atom is -0.493 e. The summed E-state index contributed by atoms with van der Waals surface area (Å²) in [6, 6.07) is 4.53. The predicted octanol–water partition coefficient (Wildman–Crippen LogP) is 3.47. The number of nitrogens with one attached hydrogen (secondary N) is 1. The van der Waals surface area contributed by atoms with Gasteiger partial charge in [0.25, 0.3) is 5.91 Å². The number of benzene rings is 1. The number of anilines is 1. The number of carbonyl (C=O) groups is 3. The van der Waals surface area contributed by atoms with E-state index in [0.717, 1.165) is 29.7 Å². The van der Waals surface area contributed by atoms with Crippen LogP contribution in [0, 0.1) is 5.92 Å². The smallest absolute Gasteiger partial charge is 0.341 e. The van der Waals surface area contributed by atoms with Crippen LogP contribution >= 0.6 is 11.3 Å². The molecule has 166 valence electrons. The summed E-state index contributed by atoms with van der Waals surface area (Å²) in [7, 11) is 4.05. The van der Waals surface area contributed by atoms with Gasteiger partial charge in [-0.05, 0) is 48.9 Å². The maximum Gasteiger partial charge on any atom is 0.341 e. The first-order chi connectivity index (χ1) is 14.9. The van der Waals surface area contributed by atoms with Crippen LogP contribution in [0.4, 0.5) is 5.00 Å². The topological polar surface area (TPSA) is 100 Å². The van der Waals surface area contributed by atoms with E-state index in [0.29, 0.717) is 33.5 Å². The number of carbonyl (C=O) groups excluding carboxylic acids is 3. The van der Waals surface area contributed by atoms with Crippen LogP contribution in [0.1, 0.15) is 44.5 Å².